The number of nitrogens with zero attached hydrogens (tertiary/aromatic N) is 2. The highest BCUT2D eigenvalue weighted by atomic mass is 127. The topological polar surface area (TPSA) is 51.8 Å². The van der Waals surface area contributed by atoms with Gasteiger partial charge in [0, 0.05) is 5.41 Å². The van der Waals surface area contributed by atoms with Crippen molar-refractivity contribution in [2.75, 3.05) is 5.73 Å². The predicted octanol–water partition coefficient (Wildman–Crippen LogP) is 3.69. The smallest absolute Gasteiger partial charge is 0.171 e. The minimum atomic E-state index is -0.0282. The lowest BCUT2D eigenvalue weighted by atomic mass is 9.92. The van der Waals surface area contributed by atoms with Gasteiger partial charge in [-0.1, -0.05) is 26.8 Å². The van der Waals surface area contributed by atoms with Gasteiger partial charge in [-0.05, 0) is 34.0 Å². The molecule has 17 heavy (non-hydrogen) atoms. The number of anilines is 1. The fraction of sp³-hybridized carbons (Fsp3) is 0.333. The van der Waals surface area contributed by atoms with Gasteiger partial charge in [0.2, 0.25) is 0 Å². The van der Waals surface area contributed by atoms with Gasteiger partial charge in [0.05, 0.1) is 14.1 Å². The van der Waals surface area contributed by atoms with E-state index in [1.54, 1.807) is 11.3 Å². The van der Waals surface area contributed by atoms with Crippen molar-refractivity contribution in [2.45, 2.75) is 26.2 Å². The Morgan fingerprint density at radius 2 is 2.00 bits per heavy atom. The second-order valence-corrected chi connectivity index (χ2v) is 6.85. The monoisotopic (exact) mass is 359 g/mol. The summed E-state index contributed by atoms with van der Waals surface area (Å²) in [6, 6.07) is 4.01. The number of thiophene rings is 1. The third-order valence-electron chi connectivity index (χ3n) is 2.33. The van der Waals surface area contributed by atoms with E-state index in [2.05, 4.69) is 53.3 Å². The molecule has 0 amide bonds. The molecule has 2 N–H and O–H groups in total. The van der Waals surface area contributed by atoms with Gasteiger partial charge in [-0.15, -0.1) is 11.3 Å². The molecule has 0 aliphatic heterocycles. The Morgan fingerprint density at radius 1 is 1.29 bits per heavy atom. The van der Waals surface area contributed by atoms with Crippen molar-refractivity contribution in [1.29, 1.82) is 0 Å². The molecule has 3 nitrogen and oxygen atoms in total. The second-order valence-electron chi connectivity index (χ2n) is 4.82. The molecule has 90 valence electrons. The van der Waals surface area contributed by atoms with Gasteiger partial charge >= 0.3 is 0 Å². The van der Waals surface area contributed by atoms with Crippen molar-refractivity contribution in [3.8, 4) is 10.7 Å². The van der Waals surface area contributed by atoms with Crippen LogP contribution in [0, 0.1) is 3.57 Å². The third-order valence-corrected chi connectivity index (χ3v) is 4.26. The van der Waals surface area contributed by atoms with E-state index in [-0.39, 0.29) is 5.41 Å². The summed E-state index contributed by atoms with van der Waals surface area (Å²) in [6.07, 6.45) is 0. The van der Waals surface area contributed by atoms with E-state index in [4.69, 9.17) is 5.73 Å². The van der Waals surface area contributed by atoms with Crippen molar-refractivity contribution in [3.05, 3.63) is 26.8 Å². The highest BCUT2D eigenvalue weighted by molar-refractivity contribution is 14.1. The van der Waals surface area contributed by atoms with E-state index in [1.807, 2.05) is 17.5 Å². The number of hydrogen-bond acceptors (Lipinski definition) is 4. The van der Waals surface area contributed by atoms with Crippen LogP contribution in [0.5, 0.6) is 0 Å². The first-order valence-corrected chi connectivity index (χ1v) is 7.23. The van der Waals surface area contributed by atoms with E-state index < -0.39 is 0 Å². The molecule has 0 aliphatic rings. The fourth-order valence-electron chi connectivity index (χ4n) is 1.48. The minimum Gasteiger partial charge on any atom is -0.383 e. The molecule has 0 unspecified atom stereocenters. The maximum absolute atomic E-state index is 5.97. The largest absolute Gasteiger partial charge is 0.383 e. The molecule has 0 saturated carbocycles. The highest BCUT2D eigenvalue weighted by Gasteiger charge is 2.22. The Morgan fingerprint density at radius 3 is 2.53 bits per heavy atom. The lowest BCUT2D eigenvalue weighted by Gasteiger charge is -2.20. The second kappa shape index (κ2) is 4.53. The van der Waals surface area contributed by atoms with Crippen LogP contribution in [0.4, 0.5) is 5.82 Å². The summed E-state index contributed by atoms with van der Waals surface area (Å²) in [7, 11) is 0. The first kappa shape index (κ1) is 12.8. The van der Waals surface area contributed by atoms with E-state index >= 15 is 0 Å². The summed E-state index contributed by atoms with van der Waals surface area (Å²) in [5, 5.41) is 2.02. The molecule has 0 aliphatic carbocycles. The van der Waals surface area contributed by atoms with Gasteiger partial charge in [-0.2, -0.15) is 0 Å². The summed E-state index contributed by atoms with van der Waals surface area (Å²) < 4.78 is 0.954. The molecule has 2 aromatic heterocycles. The maximum atomic E-state index is 5.97. The Hall–Kier alpha value is -0.690. The molecule has 2 heterocycles. The lowest BCUT2D eigenvalue weighted by molar-refractivity contribution is 0.564. The maximum Gasteiger partial charge on any atom is 0.171 e. The van der Waals surface area contributed by atoms with E-state index in [0.717, 1.165) is 20.0 Å². The Labute approximate surface area is 119 Å². The molecule has 2 rings (SSSR count). The van der Waals surface area contributed by atoms with Crippen LogP contribution in [0.1, 0.15) is 26.5 Å². The van der Waals surface area contributed by atoms with Crippen LogP contribution in [0.3, 0.4) is 0 Å². The van der Waals surface area contributed by atoms with Gasteiger partial charge in [0.25, 0.3) is 0 Å². The fourth-order valence-corrected chi connectivity index (χ4v) is 3.19. The number of rotatable bonds is 1. The summed E-state index contributed by atoms with van der Waals surface area (Å²) in [5.41, 5.74) is 6.95. The molecule has 0 aromatic carbocycles. The molecular weight excluding hydrogens is 345 g/mol. The van der Waals surface area contributed by atoms with Crippen LogP contribution < -0.4 is 5.73 Å². The van der Waals surface area contributed by atoms with Crippen molar-refractivity contribution < 1.29 is 0 Å². The minimum absolute atomic E-state index is 0.0282. The van der Waals surface area contributed by atoms with Gasteiger partial charge in [0.1, 0.15) is 5.82 Å². The molecule has 0 radical (unpaired) electrons. The zero-order valence-corrected chi connectivity index (χ0v) is 13.0. The SMILES string of the molecule is CC(C)(C)c1nc(-c2cccs2)nc(N)c1I. The van der Waals surface area contributed by atoms with Gasteiger partial charge in [-0.3, -0.25) is 0 Å². The molecule has 0 spiro atoms. The standard InChI is InChI=1S/C12H14IN3S/c1-12(2,3)9-8(13)10(14)16-11(15-9)7-5-4-6-17-7/h4-6H,1-3H3,(H2,14,15,16). The first-order valence-electron chi connectivity index (χ1n) is 5.27. The average Bonchev–Trinajstić information content (AvgIpc) is 2.73. The van der Waals surface area contributed by atoms with Crippen LogP contribution >= 0.6 is 33.9 Å². The van der Waals surface area contributed by atoms with Crippen LogP contribution in [0.2, 0.25) is 0 Å². The summed E-state index contributed by atoms with van der Waals surface area (Å²) in [6.45, 7) is 6.40. The Kier molecular flexibility index (Phi) is 3.40. The van der Waals surface area contributed by atoms with Gasteiger partial charge in [-0.25, -0.2) is 9.97 Å². The van der Waals surface area contributed by atoms with Crippen molar-refractivity contribution in [3.63, 3.8) is 0 Å². The van der Waals surface area contributed by atoms with Crippen LogP contribution in [-0.4, -0.2) is 9.97 Å². The normalized spacial score (nSPS) is 11.8. The molecular formula is C12H14IN3S. The number of nitrogen functional groups attached to an aromatic ring is 1. The zero-order valence-electron chi connectivity index (χ0n) is 9.99. The predicted molar refractivity (Wildman–Crippen MR) is 81.2 cm³/mol. The van der Waals surface area contributed by atoms with Crippen molar-refractivity contribution in [2.24, 2.45) is 0 Å². The number of hydrogen-bond donors (Lipinski definition) is 1. The quantitative estimate of drug-likeness (QED) is 0.791. The van der Waals surface area contributed by atoms with Crippen LogP contribution in [0.25, 0.3) is 10.7 Å². The average molecular weight is 359 g/mol. The van der Waals surface area contributed by atoms with Gasteiger partial charge in [0.15, 0.2) is 5.82 Å². The van der Waals surface area contributed by atoms with Crippen molar-refractivity contribution >= 4 is 39.7 Å². The molecule has 0 fully saturated rings. The molecule has 2 aromatic rings. The number of halogens is 1. The zero-order chi connectivity index (χ0) is 12.6. The summed E-state index contributed by atoms with van der Waals surface area (Å²) in [4.78, 5) is 10.1. The Balaban J connectivity index is 2.62. The highest BCUT2D eigenvalue weighted by Crippen LogP contribution is 2.31. The molecule has 0 saturated heterocycles. The number of nitrogens with two attached hydrogens (primary N) is 1. The Bertz CT molecular complexity index is 529. The lowest BCUT2D eigenvalue weighted by Crippen LogP contribution is -2.18. The molecule has 0 atom stereocenters. The van der Waals surface area contributed by atoms with E-state index in [1.165, 1.54) is 0 Å². The van der Waals surface area contributed by atoms with E-state index in [0.29, 0.717) is 5.82 Å². The number of aromatic nitrogens is 2. The van der Waals surface area contributed by atoms with Gasteiger partial charge < -0.3 is 5.73 Å². The first-order chi connectivity index (χ1) is 7.89. The molecule has 5 heteroatoms. The third kappa shape index (κ3) is 2.60. The van der Waals surface area contributed by atoms with Crippen LogP contribution in [0.15, 0.2) is 17.5 Å². The van der Waals surface area contributed by atoms with E-state index in [9.17, 15) is 0 Å². The molecule has 0 bridgehead atoms. The summed E-state index contributed by atoms with van der Waals surface area (Å²) in [5.74, 6) is 1.29. The summed E-state index contributed by atoms with van der Waals surface area (Å²) >= 11 is 3.85. The van der Waals surface area contributed by atoms with Crippen LogP contribution in [-0.2, 0) is 5.41 Å². The van der Waals surface area contributed by atoms with Crippen molar-refractivity contribution in [1.82, 2.24) is 9.97 Å².